The van der Waals surface area contributed by atoms with Crippen LogP contribution in [0.25, 0.3) is 10.2 Å². The Hall–Kier alpha value is -2.24. The predicted molar refractivity (Wildman–Crippen MR) is 110 cm³/mol. The average molecular weight is 368 g/mol. The topological polar surface area (TPSA) is 36.4 Å². The first-order valence-electron chi connectivity index (χ1n) is 8.85. The minimum atomic E-state index is 0.0110. The van der Waals surface area contributed by atoms with Gasteiger partial charge in [-0.3, -0.25) is 9.69 Å². The van der Waals surface area contributed by atoms with Crippen LogP contribution in [0.2, 0.25) is 0 Å². The zero-order valence-corrected chi connectivity index (χ0v) is 16.6. The Morgan fingerprint density at radius 2 is 1.73 bits per heavy atom. The Labute approximate surface area is 159 Å². The van der Waals surface area contributed by atoms with Crippen molar-refractivity contribution in [3.8, 4) is 0 Å². The molecular weight excluding hydrogens is 342 g/mol. The first kappa shape index (κ1) is 18.5. The van der Waals surface area contributed by atoms with Crippen molar-refractivity contribution in [1.82, 2.24) is 9.88 Å². The van der Waals surface area contributed by atoms with Gasteiger partial charge in [0.1, 0.15) is 0 Å². The molecule has 0 fully saturated rings. The van der Waals surface area contributed by atoms with Crippen molar-refractivity contribution in [2.75, 3.05) is 32.1 Å². The van der Waals surface area contributed by atoms with Gasteiger partial charge in [0.2, 0.25) is 0 Å². The average Bonchev–Trinajstić information content (AvgIpc) is 3.01. The summed E-state index contributed by atoms with van der Waals surface area (Å²) in [4.78, 5) is 21.8. The van der Waals surface area contributed by atoms with E-state index in [4.69, 9.17) is 4.98 Å². The minimum Gasteiger partial charge on any atom is -0.309 e. The minimum absolute atomic E-state index is 0.0110. The fourth-order valence-corrected chi connectivity index (χ4v) is 3.92. The molecule has 0 saturated heterocycles. The summed E-state index contributed by atoms with van der Waals surface area (Å²) in [5, 5.41) is 0.776. The number of hydrogen-bond donors (Lipinski definition) is 0. The standard InChI is InChI=1S/C21H25N3OS/c1-15-13-18-19(14-16(15)2)26-21(22-18)24(12-8-11-23(3)4)20(25)17-9-6-5-7-10-17/h5-7,9-10,13-14H,8,11-12H2,1-4H3. The van der Waals surface area contributed by atoms with E-state index in [1.54, 1.807) is 11.3 Å². The molecule has 0 radical (unpaired) electrons. The van der Waals surface area contributed by atoms with Crippen LogP contribution in [-0.2, 0) is 0 Å². The fourth-order valence-electron chi connectivity index (χ4n) is 2.85. The third-order valence-electron chi connectivity index (χ3n) is 4.48. The van der Waals surface area contributed by atoms with E-state index in [0.717, 1.165) is 28.3 Å². The lowest BCUT2D eigenvalue weighted by Gasteiger charge is -2.21. The Bertz CT molecular complexity index is 863. The fraction of sp³-hybridized carbons (Fsp3) is 0.333. The Morgan fingerprint density at radius 1 is 1.04 bits per heavy atom. The van der Waals surface area contributed by atoms with E-state index >= 15 is 0 Å². The van der Waals surface area contributed by atoms with Crippen LogP contribution in [-0.4, -0.2) is 43.0 Å². The Kier molecular flexibility index (Phi) is 5.69. The molecule has 1 aromatic heterocycles. The summed E-state index contributed by atoms with van der Waals surface area (Å²) >= 11 is 1.59. The number of thiazole rings is 1. The molecule has 1 heterocycles. The summed E-state index contributed by atoms with van der Waals surface area (Å²) in [5.41, 5.74) is 4.14. The lowest BCUT2D eigenvalue weighted by Crippen LogP contribution is -2.33. The number of rotatable bonds is 6. The number of fused-ring (bicyclic) bond motifs is 1. The van der Waals surface area contributed by atoms with Gasteiger partial charge in [-0.25, -0.2) is 4.98 Å². The molecule has 0 atom stereocenters. The maximum absolute atomic E-state index is 13.1. The van der Waals surface area contributed by atoms with Gasteiger partial charge in [0, 0.05) is 12.1 Å². The van der Waals surface area contributed by atoms with Gasteiger partial charge in [-0.05, 0) is 76.3 Å². The lowest BCUT2D eigenvalue weighted by molar-refractivity contribution is 0.0986. The summed E-state index contributed by atoms with van der Waals surface area (Å²) in [5.74, 6) is 0.0110. The predicted octanol–water partition coefficient (Wildman–Crippen LogP) is 4.51. The van der Waals surface area contributed by atoms with Crippen molar-refractivity contribution in [2.24, 2.45) is 0 Å². The number of nitrogens with zero attached hydrogens (tertiary/aromatic N) is 3. The monoisotopic (exact) mass is 367 g/mol. The maximum atomic E-state index is 13.1. The number of amides is 1. The second kappa shape index (κ2) is 7.98. The highest BCUT2D eigenvalue weighted by Gasteiger charge is 2.21. The number of carbonyl (C=O) groups is 1. The van der Waals surface area contributed by atoms with Crippen molar-refractivity contribution in [3.63, 3.8) is 0 Å². The van der Waals surface area contributed by atoms with Crippen molar-refractivity contribution in [2.45, 2.75) is 20.3 Å². The highest BCUT2D eigenvalue weighted by molar-refractivity contribution is 7.22. The van der Waals surface area contributed by atoms with Gasteiger partial charge in [0.25, 0.3) is 5.91 Å². The molecule has 1 amide bonds. The van der Waals surface area contributed by atoms with Crippen LogP contribution >= 0.6 is 11.3 Å². The third kappa shape index (κ3) is 4.11. The second-order valence-corrected chi connectivity index (χ2v) is 7.89. The van der Waals surface area contributed by atoms with Crippen molar-refractivity contribution in [3.05, 3.63) is 59.2 Å². The quantitative estimate of drug-likeness (QED) is 0.643. The molecule has 4 nitrogen and oxygen atoms in total. The van der Waals surface area contributed by atoms with Crippen LogP contribution < -0.4 is 4.90 Å². The van der Waals surface area contributed by atoms with Crippen molar-refractivity contribution >= 4 is 32.6 Å². The number of carbonyl (C=O) groups excluding carboxylic acids is 1. The summed E-state index contributed by atoms with van der Waals surface area (Å²) in [6.07, 6.45) is 0.902. The van der Waals surface area contributed by atoms with Gasteiger partial charge in [-0.2, -0.15) is 0 Å². The molecule has 0 saturated carbocycles. The number of aromatic nitrogens is 1. The van der Waals surface area contributed by atoms with Crippen LogP contribution in [0.4, 0.5) is 5.13 Å². The summed E-state index contributed by atoms with van der Waals surface area (Å²) in [7, 11) is 4.10. The van der Waals surface area contributed by atoms with Gasteiger partial charge < -0.3 is 4.90 Å². The molecule has 0 unspecified atom stereocenters. The Balaban J connectivity index is 1.95. The molecule has 136 valence electrons. The molecule has 3 aromatic rings. The molecule has 3 rings (SSSR count). The summed E-state index contributed by atoms with van der Waals surface area (Å²) < 4.78 is 1.13. The van der Waals surface area contributed by atoms with Crippen LogP contribution in [0.5, 0.6) is 0 Å². The van der Waals surface area contributed by atoms with E-state index < -0.39 is 0 Å². The van der Waals surface area contributed by atoms with E-state index in [-0.39, 0.29) is 5.91 Å². The second-order valence-electron chi connectivity index (χ2n) is 6.88. The number of hydrogen-bond acceptors (Lipinski definition) is 4. The van der Waals surface area contributed by atoms with E-state index in [0.29, 0.717) is 12.1 Å². The van der Waals surface area contributed by atoms with Crippen LogP contribution in [0.1, 0.15) is 27.9 Å². The summed E-state index contributed by atoms with van der Waals surface area (Å²) in [6.45, 7) is 5.79. The number of aryl methyl sites for hydroxylation is 2. The van der Waals surface area contributed by atoms with E-state index in [9.17, 15) is 4.79 Å². The SMILES string of the molecule is Cc1cc2nc(N(CCCN(C)C)C(=O)c3ccccc3)sc2cc1C. The Morgan fingerprint density at radius 3 is 2.42 bits per heavy atom. The largest absolute Gasteiger partial charge is 0.309 e. The zero-order chi connectivity index (χ0) is 18.7. The van der Waals surface area contributed by atoms with Gasteiger partial charge in [0.15, 0.2) is 5.13 Å². The van der Waals surface area contributed by atoms with Crippen LogP contribution in [0.15, 0.2) is 42.5 Å². The number of benzene rings is 2. The highest BCUT2D eigenvalue weighted by atomic mass is 32.1. The maximum Gasteiger partial charge on any atom is 0.260 e. The van der Waals surface area contributed by atoms with E-state index in [1.807, 2.05) is 49.3 Å². The third-order valence-corrected chi connectivity index (χ3v) is 5.52. The first-order valence-corrected chi connectivity index (χ1v) is 9.67. The van der Waals surface area contributed by atoms with Crippen molar-refractivity contribution in [1.29, 1.82) is 0 Å². The van der Waals surface area contributed by atoms with Crippen LogP contribution in [0.3, 0.4) is 0 Å². The molecule has 2 aromatic carbocycles. The normalized spacial score (nSPS) is 11.3. The molecule has 0 aliphatic carbocycles. The molecule has 0 spiro atoms. The lowest BCUT2D eigenvalue weighted by atomic mass is 10.1. The molecule has 0 N–H and O–H groups in total. The molecule has 0 bridgehead atoms. The van der Waals surface area contributed by atoms with Gasteiger partial charge >= 0.3 is 0 Å². The smallest absolute Gasteiger partial charge is 0.260 e. The molecular formula is C21H25N3OS. The van der Waals surface area contributed by atoms with Crippen molar-refractivity contribution < 1.29 is 4.79 Å². The van der Waals surface area contributed by atoms with Gasteiger partial charge in [0.05, 0.1) is 10.2 Å². The van der Waals surface area contributed by atoms with E-state index in [2.05, 4.69) is 30.9 Å². The molecule has 26 heavy (non-hydrogen) atoms. The van der Waals surface area contributed by atoms with Gasteiger partial charge in [-0.1, -0.05) is 29.5 Å². The number of anilines is 1. The molecule has 0 aliphatic heterocycles. The zero-order valence-electron chi connectivity index (χ0n) is 15.8. The van der Waals surface area contributed by atoms with E-state index in [1.165, 1.54) is 11.1 Å². The highest BCUT2D eigenvalue weighted by Crippen LogP contribution is 2.31. The molecule has 0 aliphatic rings. The van der Waals surface area contributed by atoms with Gasteiger partial charge in [-0.15, -0.1) is 0 Å². The van der Waals surface area contributed by atoms with Crippen LogP contribution in [0, 0.1) is 13.8 Å². The molecule has 5 heteroatoms. The first-order chi connectivity index (χ1) is 12.5. The summed E-state index contributed by atoms with van der Waals surface area (Å²) in [6, 6.07) is 13.7.